The van der Waals surface area contributed by atoms with Crippen LogP contribution in [-0.2, 0) is 6.42 Å². The van der Waals surface area contributed by atoms with Crippen molar-refractivity contribution in [3.63, 3.8) is 0 Å². The molecule has 0 atom stereocenters. The minimum Gasteiger partial charge on any atom is -0.495 e. The lowest BCUT2D eigenvalue weighted by atomic mass is 10.0. The molecule has 0 amide bonds. The van der Waals surface area contributed by atoms with Crippen LogP contribution in [0.1, 0.15) is 18.2 Å². The number of ether oxygens (including phenoxy) is 1. The van der Waals surface area contributed by atoms with E-state index >= 15 is 0 Å². The van der Waals surface area contributed by atoms with Crippen LogP contribution in [0, 0.1) is 0 Å². The van der Waals surface area contributed by atoms with Gasteiger partial charge in [0.2, 0.25) is 0 Å². The molecule has 0 aliphatic rings. The monoisotopic (exact) mass is 265 g/mol. The summed E-state index contributed by atoms with van der Waals surface area (Å²) in [6, 6.07) is 14.3. The quantitative estimate of drug-likeness (QED) is 0.752. The van der Waals surface area contributed by atoms with E-state index in [2.05, 4.69) is 47.5 Å². The summed E-state index contributed by atoms with van der Waals surface area (Å²) in [6.07, 6.45) is 8.93. The van der Waals surface area contributed by atoms with Crippen molar-refractivity contribution >= 4 is 5.57 Å². The first-order valence-corrected chi connectivity index (χ1v) is 6.70. The van der Waals surface area contributed by atoms with Gasteiger partial charge in [0, 0.05) is 12.1 Å². The van der Waals surface area contributed by atoms with Crippen molar-refractivity contribution in [3.8, 4) is 5.75 Å². The zero-order valence-electron chi connectivity index (χ0n) is 11.9. The highest BCUT2D eigenvalue weighted by Gasteiger charge is 1.98. The summed E-state index contributed by atoms with van der Waals surface area (Å²) >= 11 is 0. The molecule has 0 N–H and O–H groups in total. The molecule has 0 unspecified atom stereocenters. The Morgan fingerprint density at radius 1 is 1.15 bits per heavy atom. The largest absolute Gasteiger partial charge is 0.495 e. The second-order valence-electron chi connectivity index (χ2n) is 4.42. The minimum absolute atomic E-state index is 0.787. The standard InChI is InChI=1S/C18H19NO/c1-3-7-15(16-8-5-4-6-9-16)10-11-17-12-13-18(20-2)14-19-17/h3-10,12-14H,11H2,1-2H3/b7-3-,15-10+. The summed E-state index contributed by atoms with van der Waals surface area (Å²) in [6.45, 7) is 2.03. The number of nitrogens with zero attached hydrogens (tertiary/aromatic N) is 1. The van der Waals surface area contributed by atoms with Crippen molar-refractivity contribution in [1.29, 1.82) is 0 Å². The van der Waals surface area contributed by atoms with Gasteiger partial charge in [0.1, 0.15) is 5.75 Å². The van der Waals surface area contributed by atoms with E-state index in [0.29, 0.717) is 0 Å². The lowest BCUT2D eigenvalue weighted by Crippen LogP contribution is -1.90. The molecule has 0 bridgehead atoms. The molecule has 0 saturated carbocycles. The van der Waals surface area contributed by atoms with E-state index in [1.165, 1.54) is 11.1 Å². The molecule has 2 nitrogen and oxygen atoms in total. The lowest BCUT2D eigenvalue weighted by molar-refractivity contribution is 0.412. The molecule has 0 aliphatic carbocycles. The van der Waals surface area contributed by atoms with Crippen LogP contribution in [0.4, 0.5) is 0 Å². The second-order valence-corrected chi connectivity index (χ2v) is 4.42. The molecule has 2 rings (SSSR count). The van der Waals surface area contributed by atoms with Crippen LogP contribution in [-0.4, -0.2) is 12.1 Å². The summed E-state index contributed by atoms with van der Waals surface area (Å²) in [4.78, 5) is 4.38. The first-order valence-electron chi connectivity index (χ1n) is 6.70. The highest BCUT2D eigenvalue weighted by molar-refractivity contribution is 5.73. The molecule has 0 aliphatic heterocycles. The molecule has 20 heavy (non-hydrogen) atoms. The van der Waals surface area contributed by atoms with Gasteiger partial charge in [0.25, 0.3) is 0 Å². The summed E-state index contributed by atoms with van der Waals surface area (Å²) < 4.78 is 5.11. The molecule has 0 radical (unpaired) electrons. The molecule has 102 valence electrons. The normalized spacial score (nSPS) is 11.8. The SMILES string of the molecule is C/C=C\C(=C/Cc1ccc(OC)cn1)c1ccccc1. The fourth-order valence-electron chi connectivity index (χ4n) is 1.96. The number of methoxy groups -OCH3 is 1. The molecule has 1 heterocycles. The van der Waals surface area contributed by atoms with Gasteiger partial charge in [0.05, 0.1) is 13.3 Å². The maximum absolute atomic E-state index is 5.11. The fraction of sp³-hybridized carbons (Fsp3) is 0.167. The summed E-state index contributed by atoms with van der Waals surface area (Å²) in [5.74, 6) is 0.787. The number of rotatable bonds is 5. The summed E-state index contributed by atoms with van der Waals surface area (Å²) in [5, 5.41) is 0. The fourth-order valence-corrected chi connectivity index (χ4v) is 1.96. The number of benzene rings is 1. The lowest BCUT2D eigenvalue weighted by Gasteiger charge is -2.04. The van der Waals surface area contributed by atoms with Gasteiger partial charge in [-0.15, -0.1) is 0 Å². The topological polar surface area (TPSA) is 22.1 Å². The first kappa shape index (κ1) is 14.1. The molecule has 2 aromatic rings. The number of pyridine rings is 1. The van der Waals surface area contributed by atoms with Crippen molar-refractivity contribution in [2.24, 2.45) is 0 Å². The van der Waals surface area contributed by atoms with Crippen LogP contribution in [0.2, 0.25) is 0 Å². The van der Waals surface area contributed by atoms with Crippen molar-refractivity contribution in [2.45, 2.75) is 13.3 Å². The van der Waals surface area contributed by atoms with E-state index in [4.69, 9.17) is 4.74 Å². The maximum Gasteiger partial charge on any atom is 0.137 e. The Bertz CT molecular complexity index is 583. The zero-order chi connectivity index (χ0) is 14.2. The van der Waals surface area contributed by atoms with E-state index in [0.717, 1.165) is 17.9 Å². The Hall–Kier alpha value is -2.35. The van der Waals surface area contributed by atoms with Crippen LogP contribution in [0.25, 0.3) is 5.57 Å². The number of aromatic nitrogens is 1. The van der Waals surface area contributed by atoms with Crippen LogP contribution >= 0.6 is 0 Å². The Kier molecular flexibility index (Phi) is 5.13. The Balaban J connectivity index is 2.17. The Morgan fingerprint density at radius 3 is 2.55 bits per heavy atom. The summed E-state index contributed by atoms with van der Waals surface area (Å²) in [7, 11) is 1.65. The van der Waals surface area contributed by atoms with Gasteiger partial charge in [-0.25, -0.2) is 0 Å². The molecule has 2 heteroatoms. The van der Waals surface area contributed by atoms with Crippen molar-refractivity contribution in [1.82, 2.24) is 4.98 Å². The first-order chi connectivity index (χ1) is 9.83. The van der Waals surface area contributed by atoms with Crippen LogP contribution in [0.3, 0.4) is 0 Å². The molecule has 1 aromatic carbocycles. The minimum atomic E-state index is 0.787. The highest BCUT2D eigenvalue weighted by atomic mass is 16.5. The molecule has 1 aromatic heterocycles. The van der Waals surface area contributed by atoms with Crippen LogP contribution in [0.5, 0.6) is 5.75 Å². The molecular formula is C18H19NO. The third-order valence-corrected chi connectivity index (χ3v) is 3.02. The van der Waals surface area contributed by atoms with E-state index in [1.807, 2.05) is 25.1 Å². The molecule has 0 fully saturated rings. The molecular weight excluding hydrogens is 246 g/mol. The van der Waals surface area contributed by atoms with E-state index in [9.17, 15) is 0 Å². The van der Waals surface area contributed by atoms with Crippen molar-refractivity contribution in [3.05, 3.63) is 78.1 Å². The highest BCUT2D eigenvalue weighted by Crippen LogP contribution is 2.17. The van der Waals surface area contributed by atoms with E-state index < -0.39 is 0 Å². The maximum atomic E-state index is 5.11. The van der Waals surface area contributed by atoms with E-state index in [-0.39, 0.29) is 0 Å². The van der Waals surface area contributed by atoms with Gasteiger partial charge in [-0.05, 0) is 30.2 Å². The van der Waals surface area contributed by atoms with Crippen LogP contribution in [0.15, 0.2) is 66.9 Å². The third kappa shape index (κ3) is 3.82. The van der Waals surface area contributed by atoms with Gasteiger partial charge in [-0.2, -0.15) is 0 Å². The number of hydrogen-bond donors (Lipinski definition) is 0. The van der Waals surface area contributed by atoms with Crippen LogP contribution < -0.4 is 4.74 Å². The summed E-state index contributed by atoms with van der Waals surface area (Å²) in [5.41, 5.74) is 3.47. The van der Waals surface area contributed by atoms with Gasteiger partial charge in [-0.1, -0.05) is 48.6 Å². The average Bonchev–Trinajstić information content (AvgIpc) is 2.53. The van der Waals surface area contributed by atoms with Gasteiger partial charge < -0.3 is 4.74 Å². The Morgan fingerprint density at radius 2 is 1.95 bits per heavy atom. The van der Waals surface area contributed by atoms with Crippen molar-refractivity contribution < 1.29 is 4.74 Å². The average molecular weight is 265 g/mol. The van der Waals surface area contributed by atoms with Crippen molar-refractivity contribution in [2.75, 3.05) is 7.11 Å². The number of hydrogen-bond acceptors (Lipinski definition) is 2. The predicted molar refractivity (Wildman–Crippen MR) is 83.7 cm³/mol. The van der Waals surface area contributed by atoms with Gasteiger partial charge in [0.15, 0.2) is 0 Å². The number of allylic oxidation sites excluding steroid dienone is 4. The van der Waals surface area contributed by atoms with Gasteiger partial charge in [-0.3, -0.25) is 4.98 Å². The van der Waals surface area contributed by atoms with Gasteiger partial charge >= 0.3 is 0 Å². The molecule has 0 spiro atoms. The predicted octanol–water partition coefficient (Wildman–Crippen LogP) is 4.29. The Labute approximate surface area is 120 Å². The second kappa shape index (κ2) is 7.29. The third-order valence-electron chi connectivity index (χ3n) is 3.02. The smallest absolute Gasteiger partial charge is 0.137 e. The zero-order valence-corrected chi connectivity index (χ0v) is 11.9. The van der Waals surface area contributed by atoms with E-state index in [1.54, 1.807) is 13.3 Å². The molecule has 0 saturated heterocycles.